The molecule has 1 unspecified atom stereocenters. The second-order valence-electron chi connectivity index (χ2n) is 4.29. The van der Waals surface area contributed by atoms with Gasteiger partial charge in [0.15, 0.2) is 0 Å². The maximum absolute atomic E-state index is 13.2. The highest BCUT2D eigenvalue weighted by Crippen LogP contribution is 2.25. The molecule has 0 aliphatic rings. The molecule has 1 aromatic heterocycles. The number of likely N-dealkylation sites (N-methyl/N-ethyl adjacent to an activating group) is 1. The Morgan fingerprint density at radius 2 is 2.26 bits per heavy atom. The Morgan fingerprint density at radius 3 is 2.84 bits per heavy atom. The largest absolute Gasteiger partial charge is 0.309 e. The first kappa shape index (κ1) is 14.6. The molecule has 19 heavy (non-hydrogen) atoms. The van der Waals surface area contributed by atoms with E-state index in [2.05, 4.69) is 37.8 Å². The molecule has 1 aromatic carbocycles. The Bertz CT molecular complexity index is 559. The van der Waals surface area contributed by atoms with Crippen molar-refractivity contribution in [3.63, 3.8) is 0 Å². The highest BCUT2D eigenvalue weighted by atomic mass is 79.9. The van der Waals surface area contributed by atoms with Crippen molar-refractivity contribution in [2.24, 2.45) is 0 Å². The zero-order valence-corrected chi connectivity index (χ0v) is 13.2. The van der Waals surface area contributed by atoms with Crippen LogP contribution in [0.25, 0.3) is 0 Å². The van der Waals surface area contributed by atoms with Gasteiger partial charge < -0.3 is 5.32 Å². The number of aromatic nitrogens is 2. The van der Waals surface area contributed by atoms with Crippen LogP contribution in [-0.2, 0) is 6.42 Å². The van der Waals surface area contributed by atoms with Gasteiger partial charge in [-0.15, -0.1) is 5.10 Å². The number of aryl methyl sites for hydroxylation is 1. The van der Waals surface area contributed by atoms with Crippen LogP contribution in [0.3, 0.4) is 0 Å². The van der Waals surface area contributed by atoms with Gasteiger partial charge in [-0.3, -0.25) is 0 Å². The van der Waals surface area contributed by atoms with Gasteiger partial charge in [0.05, 0.1) is 15.0 Å². The Morgan fingerprint density at radius 1 is 1.47 bits per heavy atom. The van der Waals surface area contributed by atoms with Crippen molar-refractivity contribution in [3.8, 4) is 0 Å². The third kappa shape index (κ3) is 3.58. The van der Waals surface area contributed by atoms with E-state index >= 15 is 0 Å². The lowest BCUT2D eigenvalue weighted by Crippen LogP contribution is -2.22. The summed E-state index contributed by atoms with van der Waals surface area (Å²) in [7, 11) is 0. The molecule has 0 saturated carbocycles. The Kier molecular flexibility index (Phi) is 5.01. The summed E-state index contributed by atoms with van der Waals surface area (Å²) >= 11 is 4.64. The average Bonchev–Trinajstić information content (AvgIpc) is 2.79. The van der Waals surface area contributed by atoms with Gasteiger partial charge in [-0.2, -0.15) is 0 Å². The summed E-state index contributed by atoms with van der Waals surface area (Å²) < 4.78 is 17.7. The van der Waals surface area contributed by atoms with Crippen molar-refractivity contribution in [3.05, 3.63) is 44.6 Å². The normalized spacial score (nSPS) is 12.6. The molecule has 0 amide bonds. The molecule has 0 aliphatic heterocycles. The van der Waals surface area contributed by atoms with E-state index in [4.69, 9.17) is 0 Å². The van der Waals surface area contributed by atoms with Crippen molar-refractivity contribution in [2.75, 3.05) is 6.54 Å². The van der Waals surface area contributed by atoms with E-state index in [1.165, 1.54) is 17.6 Å². The monoisotopic (exact) mass is 343 g/mol. The van der Waals surface area contributed by atoms with Crippen LogP contribution < -0.4 is 5.32 Å². The van der Waals surface area contributed by atoms with Crippen molar-refractivity contribution in [2.45, 2.75) is 26.3 Å². The first-order valence-corrected chi connectivity index (χ1v) is 7.64. The third-order valence-electron chi connectivity index (χ3n) is 2.88. The molecule has 0 bridgehead atoms. The zero-order valence-electron chi connectivity index (χ0n) is 10.8. The molecule has 0 fully saturated rings. The van der Waals surface area contributed by atoms with Crippen LogP contribution in [0.1, 0.15) is 29.1 Å². The van der Waals surface area contributed by atoms with Crippen LogP contribution in [0.4, 0.5) is 4.39 Å². The highest BCUT2D eigenvalue weighted by molar-refractivity contribution is 9.10. The van der Waals surface area contributed by atoms with E-state index in [0.29, 0.717) is 4.47 Å². The van der Waals surface area contributed by atoms with E-state index < -0.39 is 0 Å². The number of nitrogens with zero attached hydrogens (tertiary/aromatic N) is 2. The summed E-state index contributed by atoms with van der Waals surface area (Å²) in [6.45, 7) is 4.89. The van der Waals surface area contributed by atoms with E-state index in [0.717, 1.165) is 29.1 Å². The maximum atomic E-state index is 13.2. The number of hydrogen-bond acceptors (Lipinski definition) is 4. The second kappa shape index (κ2) is 6.54. The van der Waals surface area contributed by atoms with E-state index in [1.54, 1.807) is 0 Å². The van der Waals surface area contributed by atoms with Crippen LogP contribution in [0.15, 0.2) is 22.7 Å². The summed E-state index contributed by atoms with van der Waals surface area (Å²) in [5.41, 5.74) is 2.03. The molecule has 0 spiro atoms. The molecule has 3 nitrogen and oxygen atoms in total. The Labute approximate surface area is 124 Å². The molecule has 1 atom stereocenters. The van der Waals surface area contributed by atoms with Gasteiger partial charge in [0.2, 0.25) is 0 Å². The van der Waals surface area contributed by atoms with Crippen molar-refractivity contribution >= 4 is 27.5 Å². The Hall–Kier alpha value is -0.850. The van der Waals surface area contributed by atoms with E-state index in [9.17, 15) is 4.39 Å². The van der Waals surface area contributed by atoms with Gasteiger partial charge in [-0.1, -0.05) is 17.5 Å². The minimum absolute atomic E-state index is 0.169. The predicted molar refractivity (Wildman–Crippen MR) is 78.9 cm³/mol. The number of benzene rings is 1. The molecule has 6 heteroatoms. The lowest BCUT2D eigenvalue weighted by molar-refractivity contribution is 0.553. The smallest absolute Gasteiger partial charge is 0.137 e. The molecule has 0 radical (unpaired) electrons. The summed E-state index contributed by atoms with van der Waals surface area (Å²) in [6.07, 6.45) is 0.789. The molecule has 0 aliphatic carbocycles. The standard InChI is InChI=1S/C13H15BrFN3S/c1-3-16-12(13-8(2)17-18-19-13)7-9-4-5-11(15)10(14)6-9/h4-6,12,16H,3,7H2,1-2H3. The first-order valence-electron chi connectivity index (χ1n) is 6.08. The fourth-order valence-corrected chi connectivity index (χ4v) is 3.11. The summed E-state index contributed by atoms with van der Waals surface area (Å²) in [4.78, 5) is 1.14. The van der Waals surface area contributed by atoms with Crippen LogP contribution in [0, 0.1) is 12.7 Å². The summed E-state index contributed by atoms with van der Waals surface area (Å²) in [5, 5.41) is 7.48. The molecule has 1 heterocycles. The molecular weight excluding hydrogens is 329 g/mol. The zero-order chi connectivity index (χ0) is 13.8. The molecular formula is C13H15BrFN3S. The minimum Gasteiger partial charge on any atom is -0.309 e. The van der Waals surface area contributed by atoms with Gasteiger partial charge in [-0.25, -0.2) is 4.39 Å². The van der Waals surface area contributed by atoms with Gasteiger partial charge in [-0.05, 0) is 65.0 Å². The molecule has 0 saturated heterocycles. The fourth-order valence-electron chi connectivity index (χ4n) is 1.96. The van der Waals surface area contributed by atoms with Crippen molar-refractivity contribution < 1.29 is 4.39 Å². The highest BCUT2D eigenvalue weighted by Gasteiger charge is 2.17. The number of rotatable bonds is 5. The summed E-state index contributed by atoms with van der Waals surface area (Å²) in [5.74, 6) is -0.237. The quantitative estimate of drug-likeness (QED) is 0.900. The van der Waals surface area contributed by atoms with Crippen LogP contribution in [0.5, 0.6) is 0 Å². The fraction of sp³-hybridized carbons (Fsp3) is 0.385. The van der Waals surface area contributed by atoms with Crippen LogP contribution in [0.2, 0.25) is 0 Å². The predicted octanol–water partition coefficient (Wildman–Crippen LogP) is 3.64. The third-order valence-corrected chi connectivity index (χ3v) is 4.43. The van der Waals surface area contributed by atoms with Crippen LogP contribution >= 0.6 is 27.5 Å². The number of halogens is 2. The molecule has 1 N–H and O–H groups in total. The topological polar surface area (TPSA) is 37.8 Å². The SMILES string of the molecule is CCNC(Cc1ccc(F)c(Br)c1)c1snnc1C. The summed E-state index contributed by atoms with van der Waals surface area (Å²) in [6, 6.07) is 5.29. The van der Waals surface area contributed by atoms with Crippen LogP contribution in [-0.4, -0.2) is 16.1 Å². The van der Waals surface area contributed by atoms with E-state index in [1.807, 2.05) is 19.1 Å². The average molecular weight is 344 g/mol. The number of hydrogen-bond donors (Lipinski definition) is 1. The van der Waals surface area contributed by atoms with Gasteiger partial charge in [0.1, 0.15) is 5.82 Å². The van der Waals surface area contributed by atoms with Gasteiger partial charge in [0.25, 0.3) is 0 Å². The Balaban J connectivity index is 2.21. The maximum Gasteiger partial charge on any atom is 0.137 e. The second-order valence-corrected chi connectivity index (χ2v) is 5.93. The molecule has 2 rings (SSSR count). The van der Waals surface area contributed by atoms with Crippen molar-refractivity contribution in [1.29, 1.82) is 0 Å². The first-order chi connectivity index (χ1) is 9.11. The lowest BCUT2D eigenvalue weighted by atomic mass is 10.0. The number of nitrogens with one attached hydrogen (secondary N) is 1. The molecule has 2 aromatic rings. The van der Waals surface area contributed by atoms with E-state index in [-0.39, 0.29) is 11.9 Å². The molecule has 102 valence electrons. The minimum atomic E-state index is -0.237. The van der Waals surface area contributed by atoms with Gasteiger partial charge >= 0.3 is 0 Å². The van der Waals surface area contributed by atoms with Crippen molar-refractivity contribution in [1.82, 2.24) is 14.9 Å². The lowest BCUT2D eigenvalue weighted by Gasteiger charge is -2.16. The van der Waals surface area contributed by atoms with Gasteiger partial charge in [0, 0.05) is 6.04 Å².